The van der Waals surface area contributed by atoms with Crippen LogP contribution in [0.5, 0.6) is 0 Å². The number of nitrogens with two attached hydrogens (primary N) is 1. The SMILES string of the molecule is CCN(C)C(=O)C(C)Nc1nc(Cl)nc(C)c1N. The first-order valence-electron chi connectivity index (χ1n) is 5.68. The Hall–Kier alpha value is -1.56. The zero-order valence-electron chi connectivity index (χ0n) is 11.0. The monoisotopic (exact) mass is 271 g/mol. The van der Waals surface area contributed by atoms with Gasteiger partial charge in [0.2, 0.25) is 11.2 Å². The fourth-order valence-electron chi connectivity index (χ4n) is 1.41. The van der Waals surface area contributed by atoms with Crippen LogP contribution >= 0.6 is 11.6 Å². The highest BCUT2D eigenvalue weighted by Gasteiger charge is 2.18. The maximum atomic E-state index is 11.9. The minimum Gasteiger partial charge on any atom is -0.394 e. The molecule has 0 bridgehead atoms. The van der Waals surface area contributed by atoms with E-state index in [0.29, 0.717) is 23.7 Å². The summed E-state index contributed by atoms with van der Waals surface area (Å²) in [4.78, 5) is 21.4. The van der Waals surface area contributed by atoms with E-state index in [0.717, 1.165) is 0 Å². The first-order chi connectivity index (χ1) is 8.36. The van der Waals surface area contributed by atoms with E-state index in [1.807, 2.05) is 6.92 Å². The normalized spacial score (nSPS) is 12.1. The highest BCUT2D eigenvalue weighted by Crippen LogP contribution is 2.21. The van der Waals surface area contributed by atoms with Crippen LogP contribution in [0, 0.1) is 6.92 Å². The van der Waals surface area contributed by atoms with E-state index < -0.39 is 6.04 Å². The second-order valence-corrected chi connectivity index (χ2v) is 4.40. The third kappa shape index (κ3) is 3.22. The van der Waals surface area contributed by atoms with Crippen LogP contribution in [0.15, 0.2) is 0 Å². The summed E-state index contributed by atoms with van der Waals surface area (Å²) in [5.41, 5.74) is 6.82. The van der Waals surface area contributed by atoms with Crippen LogP contribution in [0.1, 0.15) is 19.5 Å². The van der Waals surface area contributed by atoms with Gasteiger partial charge >= 0.3 is 0 Å². The Morgan fingerprint density at radius 2 is 2.17 bits per heavy atom. The Morgan fingerprint density at radius 3 is 2.72 bits per heavy atom. The third-order valence-electron chi connectivity index (χ3n) is 2.68. The molecule has 0 aliphatic rings. The average Bonchev–Trinajstić information content (AvgIpc) is 2.33. The molecule has 0 aromatic carbocycles. The van der Waals surface area contributed by atoms with Crippen LogP contribution in [0.2, 0.25) is 5.28 Å². The summed E-state index contributed by atoms with van der Waals surface area (Å²) in [5, 5.41) is 3.06. The molecule has 3 N–H and O–H groups in total. The van der Waals surface area contributed by atoms with E-state index in [1.54, 1.807) is 25.8 Å². The largest absolute Gasteiger partial charge is 0.394 e. The van der Waals surface area contributed by atoms with E-state index in [2.05, 4.69) is 15.3 Å². The molecule has 7 heteroatoms. The number of nitrogen functional groups attached to an aromatic ring is 1. The van der Waals surface area contributed by atoms with Gasteiger partial charge < -0.3 is 16.0 Å². The number of nitrogens with one attached hydrogen (secondary N) is 1. The van der Waals surface area contributed by atoms with Gasteiger partial charge in [0.05, 0.1) is 11.4 Å². The summed E-state index contributed by atoms with van der Waals surface area (Å²) in [6.07, 6.45) is 0. The first kappa shape index (κ1) is 14.5. The van der Waals surface area contributed by atoms with Crippen molar-refractivity contribution >= 4 is 29.0 Å². The molecule has 0 aliphatic carbocycles. The lowest BCUT2D eigenvalue weighted by Crippen LogP contribution is -2.39. The van der Waals surface area contributed by atoms with Crippen LogP contribution in [0.4, 0.5) is 11.5 Å². The smallest absolute Gasteiger partial charge is 0.244 e. The van der Waals surface area contributed by atoms with Gasteiger partial charge in [0.1, 0.15) is 6.04 Å². The quantitative estimate of drug-likeness (QED) is 0.807. The third-order valence-corrected chi connectivity index (χ3v) is 2.85. The standard InChI is InChI=1S/C11H18ClN5O/c1-5-17(4)10(18)7(3)14-9-8(13)6(2)15-11(12)16-9/h7H,5,13H2,1-4H3,(H,14,15,16). The Bertz CT molecular complexity index is 451. The van der Waals surface area contributed by atoms with Crippen molar-refractivity contribution in [3.8, 4) is 0 Å². The summed E-state index contributed by atoms with van der Waals surface area (Å²) < 4.78 is 0. The molecule has 0 saturated heterocycles. The van der Waals surface area contributed by atoms with Gasteiger partial charge in [0.15, 0.2) is 5.82 Å². The number of likely N-dealkylation sites (N-methyl/N-ethyl adjacent to an activating group) is 1. The van der Waals surface area contributed by atoms with Crippen LogP contribution in [-0.2, 0) is 4.79 Å². The molecule has 1 heterocycles. The molecule has 18 heavy (non-hydrogen) atoms. The van der Waals surface area contributed by atoms with Crippen molar-refractivity contribution < 1.29 is 4.79 Å². The summed E-state index contributed by atoms with van der Waals surface area (Å²) in [7, 11) is 1.74. The summed E-state index contributed by atoms with van der Waals surface area (Å²) in [5.74, 6) is 0.349. The Balaban J connectivity index is 2.88. The van der Waals surface area contributed by atoms with Crippen molar-refractivity contribution in [2.75, 3.05) is 24.6 Å². The van der Waals surface area contributed by atoms with Gasteiger partial charge in [-0.25, -0.2) is 4.98 Å². The minimum absolute atomic E-state index is 0.0377. The highest BCUT2D eigenvalue weighted by atomic mass is 35.5. The van der Waals surface area contributed by atoms with Crippen LogP contribution in [0.25, 0.3) is 0 Å². The van der Waals surface area contributed by atoms with Crippen molar-refractivity contribution in [3.05, 3.63) is 11.0 Å². The fraction of sp³-hybridized carbons (Fsp3) is 0.545. The summed E-state index contributed by atoms with van der Waals surface area (Å²) >= 11 is 5.76. The predicted octanol–water partition coefficient (Wildman–Crippen LogP) is 1.30. The average molecular weight is 272 g/mol. The molecule has 100 valence electrons. The molecule has 6 nitrogen and oxygen atoms in total. The lowest BCUT2D eigenvalue weighted by Gasteiger charge is -2.21. The lowest BCUT2D eigenvalue weighted by molar-refractivity contribution is -0.130. The number of hydrogen-bond donors (Lipinski definition) is 2. The predicted molar refractivity (Wildman–Crippen MR) is 72.6 cm³/mol. The van der Waals surface area contributed by atoms with Gasteiger partial charge in [-0.05, 0) is 32.4 Å². The van der Waals surface area contributed by atoms with E-state index in [1.165, 1.54) is 0 Å². The van der Waals surface area contributed by atoms with Gasteiger partial charge in [-0.3, -0.25) is 4.79 Å². The maximum absolute atomic E-state index is 11.9. The van der Waals surface area contributed by atoms with Crippen LogP contribution in [-0.4, -0.2) is 40.4 Å². The molecule has 1 aromatic heterocycles. The molecule has 0 radical (unpaired) electrons. The summed E-state index contributed by atoms with van der Waals surface area (Å²) in [6.45, 7) is 6.03. The molecular formula is C11H18ClN5O. The Morgan fingerprint density at radius 1 is 1.56 bits per heavy atom. The number of carbonyl (C=O) groups is 1. The van der Waals surface area contributed by atoms with Gasteiger partial charge in [-0.1, -0.05) is 0 Å². The molecule has 0 saturated carbocycles. The van der Waals surface area contributed by atoms with Gasteiger partial charge in [0, 0.05) is 13.6 Å². The summed E-state index contributed by atoms with van der Waals surface area (Å²) in [6, 6.07) is -0.428. The van der Waals surface area contributed by atoms with Crippen molar-refractivity contribution in [1.82, 2.24) is 14.9 Å². The number of aromatic nitrogens is 2. The number of halogens is 1. The lowest BCUT2D eigenvalue weighted by atomic mass is 10.2. The topological polar surface area (TPSA) is 84.1 Å². The Labute approximate surface area is 112 Å². The minimum atomic E-state index is -0.428. The maximum Gasteiger partial charge on any atom is 0.244 e. The molecule has 1 atom stereocenters. The molecule has 0 aliphatic heterocycles. The van der Waals surface area contributed by atoms with E-state index >= 15 is 0 Å². The van der Waals surface area contributed by atoms with Gasteiger partial charge in [-0.2, -0.15) is 4.98 Å². The molecule has 1 amide bonds. The fourth-order valence-corrected chi connectivity index (χ4v) is 1.62. The first-order valence-corrected chi connectivity index (χ1v) is 6.05. The highest BCUT2D eigenvalue weighted by molar-refractivity contribution is 6.28. The molecule has 1 rings (SSSR count). The number of rotatable bonds is 4. The molecule has 1 aromatic rings. The number of carbonyl (C=O) groups excluding carboxylic acids is 1. The van der Waals surface area contributed by atoms with Crippen molar-refractivity contribution in [2.45, 2.75) is 26.8 Å². The second kappa shape index (κ2) is 5.86. The van der Waals surface area contributed by atoms with Crippen molar-refractivity contribution in [2.24, 2.45) is 0 Å². The number of hydrogen-bond acceptors (Lipinski definition) is 5. The van der Waals surface area contributed by atoms with Gasteiger partial charge in [-0.15, -0.1) is 0 Å². The number of amides is 1. The van der Waals surface area contributed by atoms with E-state index in [9.17, 15) is 4.79 Å². The number of nitrogens with zero attached hydrogens (tertiary/aromatic N) is 3. The molecule has 0 spiro atoms. The van der Waals surface area contributed by atoms with Crippen molar-refractivity contribution in [3.63, 3.8) is 0 Å². The zero-order chi connectivity index (χ0) is 13.9. The molecule has 0 fully saturated rings. The molecule has 1 unspecified atom stereocenters. The zero-order valence-corrected chi connectivity index (χ0v) is 11.7. The molecular weight excluding hydrogens is 254 g/mol. The van der Waals surface area contributed by atoms with E-state index in [4.69, 9.17) is 17.3 Å². The van der Waals surface area contributed by atoms with E-state index in [-0.39, 0.29) is 11.2 Å². The van der Waals surface area contributed by atoms with Crippen LogP contribution in [0.3, 0.4) is 0 Å². The van der Waals surface area contributed by atoms with Crippen LogP contribution < -0.4 is 11.1 Å². The number of aryl methyl sites for hydroxylation is 1. The number of anilines is 2. The Kier molecular flexibility index (Phi) is 4.72. The van der Waals surface area contributed by atoms with Gasteiger partial charge in [0.25, 0.3) is 0 Å². The second-order valence-electron chi connectivity index (χ2n) is 4.06. The van der Waals surface area contributed by atoms with Crippen molar-refractivity contribution in [1.29, 1.82) is 0 Å².